The fourth-order valence-electron chi connectivity index (χ4n) is 8.35. The molecule has 1 saturated carbocycles. The molecular formula is C41H50ClF2N5O9S. The Bertz CT molecular complexity index is 2240. The first kappa shape index (κ1) is 42.6. The van der Waals surface area contributed by atoms with Crippen LogP contribution in [0, 0.1) is 5.92 Å². The summed E-state index contributed by atoms with van der Waals surface area (Å²) in [5, 5.41) is 6.05. The average molecular weight is 862 g/mol. The molecule has 0 radical (unpaired) electrons. The molecule has 320 valence electrons. The van der Waals surface area contributed by atoms with Crippen molar-refractivity contribution < 1.29 is 50.6 Å². The fraction of sp³-hybridized carbons (Fsp3) is 0.585. The molecule has 1 spiro atoms. The third-order valence-corrected chi connectivity index (χ3v) is 14.6. The number of hydrogen-bond acceptors (Lipinski definition) is 10. The summed E-state index contributed by atoms with van der Waals surface area (Å²) in [5.41, 5.74) is -4.18. The quantitative estimate of drug-likeness (QED) is 0.294. The molecule has 1 saturated heterocycles. The number of ether oxygens (including phenoxy) is 3. The Morgan fingerprint density at radius 1 is 1.12 bits per heavy atom. The highest BCUT2D eigenvalue weighted by molar-refractivity contribution is 7.91. The number of aryl methyl sites for hydroxylation is 1. The number of fused-ring (bicyclic) bond motifs is 5. The van der Waals surface area contributed by atoms with Gasteiger partial charge in [0.15, 0.2) is 5.75 Å². The summed E-state index contributed by atoms with van der Waals surface area (Å²) in [4.78, 5) is 62.3. The number of alkyl halides is 2. The van der Waals surface area contributed by atoms with Gasteiger partial charge in [0.05, 0.1) is 28.9 Å². The van der Waals surface area contributed by atoms with Crippen LogP contribution in [0.25, 0.3) is 10.9 Å². The zero-order valence-electron chi connectivity index (χ0n) is 33.7. The number of hydrogen-bond donors (Lipinski definition) is 3. The Kier molecular flexibility index (Phi) is 11.2. The van der Waals surface area contributed by atoms with Gasteiger partial charge in [0.25, 0.3) is 12.3 Å². The molecule has 2 aromatic rings. The summed E-state index contributed by atoms with van der Waals surface area (Å²) < 4.78 is 74.8. The Morgan fingerprint density at radius 3 is 2.51 bits per heavy atom. The first-order valence-electron chi connectivity index (χ1n) is 19.9. The Morgan fingerprint density at radius 2 is 1.86 bits per heavy atom. The third kappa shape index (κ3) is 8.08. The minimum absolute atomic E-state index is 0.148. The van der Waals surface area contributed by atoms with Crippen molar-refractivity contribution in [2.75, 3.05) is 13.7 Å². The van der Waals surface area contributed by atoms with Crippen molar-refractivity contribution >= 4 is 56.3 Å². The number of amides is 4. The molecule has 3 N–H and O–H groups in total. The number of alkyl carbamates (subject to hydrolysis) is 1. The summed E-state index contributed by atoms with van der Waals surface area (Å²) in [7, 11) is -2.69. The second kappa shape index (κ2) is 15.5. The summed E-state index contributed by atoms with van der Waals surface area (Å²) in [6.45, 7) is 6.33. The van der Waals surface area contributed by atoms with Crippen LogP contribution in [0.1, 0.15) is 103 Å². The van der Waals surface area contributed by atoms with E-state index < -0.39 is 85.4 Å². The maximum Gasteiger partial charge on any atom is 0.408 e. The van der Waals surface area contributed by atoms with E-state index in [1.54, 1.807) is 32.9 Å². The molecule has 4 heterocycles. The monoisotopic (exact) mass is 861 g/mol. The Balaban J connectivity index is 1.29. The number of halogens is 3. The van der Waals surface area contributed by atoms with Gasteiger partial charge in [-0.15, -0.1) is 0 Å². The van der Waals surface area contributed by atoms with Crippen LogP contribution < -0.4 is 24.8 Å². The number of benzene rings is 1. The average Bonchev–Trinajstić information content (AvgIpc) is 3.82. The maximum absolute atomic E-state index is 14.8. The van der Waals surface area contributed by atoms with Crippen LogP contribution in [0.5, 0.6) is 11.5 Å². The van der Waals surface area contributed by atoms with E-state index >= 15 is 0 Å². The van der Waals surface area contributed by atoms with Gasteiger partial charge in [-0.05, 0) is 84.8 Å². The number of carbonyl (C=O) groups excluding carboxylic acids is 4. The highest BCUT2D eigenvalue weighted by Gasteiger charge is 2.58. The largest absolute Gasteiger partial charge is 0.495 e. The molecule has 1 aromatic carbocycles. The van der Waals surface area contributed by atoms with Crippen LogP contribution >= 0.6 is 11.6 Å². The second-order valence-corrected chi connectivity index (χ2v) is 20.0. The van der Waals surface area contributed by atoms with E-state index in [0.717, 1.165) is 0 Å². The number of rotatable bonds is 6. The fourth-order valence-corrected chi connectivity index (χ4v) is 10.00. The molecule has 0 unspecified atom stereocenters. The van der Waals surface area contributed by atoms with E-state index in [1.807, 2.05) is 6.08 Å². The van der Waals surface area contributed by atoms with Crippen LogP contribution in [0.2, 0.25) is 5.02 Å². The van der Waals surface area contributed by atoms with Gasteiger partial charge in [-0.1, -0.05) is 48.7 Å². The van der Waals surface area contributed by atoms with Gasteiger partial charge in [0.2, 0.25) is 21.8 Å². The molecule has 0 bridgehead atoms. The number of methoxy groups -OCH3 is 1. The molecule has 2 aliphatic carbocycles. The van der Waals surface area contributed by atoms with Gasteiger partial charge in [-0.2, -0.15) is 0 Å². The number of nitrogens with zero attached hydrogens (tertiary/aromatic N) is 2. The van der Waals surface area contributed by atoms with Crippen molar-refractivity contribution in [1.82, 2.24) is 25.2 Å². The van der Waals surface area contributed by atoms with Crippen molar-refractivity contribution in [3.63, 3.8) is 0 Å². The normalized spacial score (nSPS) is 28.5. The lowest BCUT2D eigenvalue weighted by Gasteiger charge is -2.42. The van der Waals surface area contributed by atoms with E-state index in [9.17, 15) is 36.4 Å². The first-order valence-corrected chi connectivity index (χ1v) is 21.8. The van der Waals surface area contributed by atoms with Crippen molar-refractivity contribution in [3.8, 4) is 11.5 Å². The third-order valence-electron chi connectivity index (χ3n) is 12.0. The molecular weight excluding hydrogens is 812 g/mol. The van der Waals surface area contributed by atoms with E-state index in [4.69, 9.17) is 25.8 Å². The number of carbonyl (C=O) groups is 4. The van der Waals surface area contributed by atoms with Crippen molar-refractivity contribution in [1.29, 1.82) is 0 Å². The summed E-state index contributed by atoms with van der Waals surface area (Å²) in [6.07, 6.45) is 6.35. The zero-order chi connectivity index (χ0) is 42.7. The van der Waals surface area contributed by atoms with E-state index in [0.29, 0.717) is 55.2 Å². The lowest BCUT2D eigenvalue weighted by Crippen LogP contribution is -2.67. The number of sulfonamides is 1. The first-order chi connectivity index (χ1) is 27.7. The minimum Gasteiger partial charge on any atom is -0.495 e. The smallest absolute Gasteiger partial charge is 0.408 e. The molecule has 3 aliphatic heterocycles. The predicted molar refractivity (Wildman–Crippen MR) is 214 cm³/mol. The molecule has 5 atom stereocenters. The number of allylic oxidation sites excluding steroid dienone is 1. The van der Waals surface area contributed by atoms with Gasteiger partial charge in [0.1, 0.15) is 40.3 Å². The van der Waals surface area contributed by atoms with Gasteiger partial charge >= 0.3 is 6.09 Å². The number of pyridine rings is 1. The van der Waals surface area contributed by atoms with Gasteiger partial charge in [0, 0.05) is 23.3 Å². The molecule has 1 aromatic heterocycles. The molecule has 59 heavy (non-hydrogen) atoms. The Labute approximate surface area is 346 Å². The second-order valence-electron chi connectivity index (χ2n) is 17.4. The topological polar surface area (TPSA) is 182 Å². The summed E-state index contributed by atoms with van der Waals surface area (Å²) in [5.74, 6) is -3.03. The highest BCUT2D eigenvalue weighted by Crippen LogP contribution is 2.49. The summed E-state index contributed by atoms with van der Waals surface area (Å²) in [6, 6.07) is 0.553. The molecule has 18 heteroatoms. The van der Waals surface area contributed by atoms with Gasteiger partial charge in [-0.3, -0.25) is 19.1 Å². The van der Waals surface area contributed by atoms with Crippen molar-refractivity contribution in [2.24, 2.45) is 5.92 Å². The van der Waals surface area contributed by atoms with Crippen LogP contribution in [-0.4, -0.2) is 89.3 Å². The van der Waals surface area contributed by atoms with Crippen LogP contribution in [0.3, 0.4) is 0 Å². The van der Waals surface area contributed by atoms with E-state index in [-0.39, 0.29) is 48.5 Å². The summed E-state index contributed by atoms with van der Waals surface area (Å²) >= 11 is 6.72. The van der Waals surface area contributed by atoms with Gasteiger partial charge in [-0.25, -0.2) is 27.0 Å². The van der Waals surface area contributed by atoms with Crippen molar-refractivity contribution in [3.05, 3.63) is 52.7 Å². The standard InChI is InChI=1S/C41H50ClF2N5O9S/c1-38(2,3)58-37(53)46-26-12-10-8-6-7-9-11-23-15-18-41(23,36(52)48-59(54,55)39(4)19-20-39)47-34(50)27-21-40(22-49(27)35(26)51)17-16-24-29-25(13-14-28(56-5)30(29)42)45-31(33(43)44)32(24)57-40/h9,11,13-15,18,23,26-27,33H,6-8,10,12,16-17,19-22H2,1-5H3,(H,46,53)(H,47,50)(H,48,52)/b11-9-/t23-,26+,27+,40-,41-/m1/s1. The molecule has 14 nitrogen and oxygen atoms in total. The van der Waals surface area contributed by atoms with E-state index in [1.165, 1.54) is 37.1 Å². The Hall–Kier alpha value is -4.51. The predicted octanol–water partition coefficient (Wildman–Crippen LogP) is 5.95. The SMILES string of the molecule is COc1ccc2nc(C(F)F)c3c(c2c1Cl)CC[C@]1(C[C@H]2C(=O)N[C@]4(C(=O)NS(=O)(=O)C5(C)CC5)C=C[C@H]4/C=C\CCCCC[C@H](NC(=O)OC(C)(C)C)C(=O)N2C1)O3. The molecule has 5 aliphatic rings. The van der Waals surface area contributed by atoms with Crippen LogP contribution in [0.4, 0.5) is 13.6 Å². The molecule has 2 fully saturated rings. The molecule has 4 amide bonds. The van der Waals surface area contributed by atoms with Crippen LogP contribution in [0.15, 0.2) is 36.4 Å². The lowest BCUT2D eigenvalue weighted by atomic mass is 9.73. The number of nitrogens with one attached hydrogen (secondary N) is 3. The lowest BCUT2D eigenvalue weighted by molar-refractivity contribution is -0.142. The molecule has 7 rings (SSSR count). The number of aromatic nitrogens is 1. The van der Waals surface area contributed by atoms with Gasteiger partial charge < -0.3 is 29.7 Å². The van der Waals surface area contributed by atoms with Crippen LogP contribution in [-0.2, 0) is 35.6 Å². The minimum atomic E-state index is -4.12. The van der Waals surface area contributed by atoms with Crippen molar-refractivity contribution in [2.45, 2.75) is 132 Å². The maximum atomic E-state index is 14.8. The highest BCUT2D eigenvalue weighted by atomic mass is 35.5. The zero-order valence-corrected chi connectivity index (χ0v) is 35.2. The van der Waals surface area contributed by atoms with E-state index in [2.05, 4.69) is 20.3 Å².